The van der Waals surface area contributed by atoms with Crippen LogP contribution >= 0.6 is 0 Å². The lowest BCUT2D eigenvalue weighted by molar-refractivity contribution is -0.221. The monoisotopic (exact) mass is 620 g/mol. The van der Waals surface area contributed by atoms with E-state index in [4.69, 9.17) is 28.4 Å². The Morgan fingerprint density at radius 1 is 0.841 bits per heavy atom. The molecule has 2 heterocycles. The van der Waals surface area contributed by atoms with Crippen LogP contribution in [0.4, 0.5) is 4.79 Å². The van der Waals surface area contributed by atoms with Crippen molar-refractivity contribution in [2.45, 2.75) is 112 Å². The van der Waals surface area contributed by atoms with Crippen LogP contribution in [0.5, 0.6) is 0 Å². The third kappa shape index (κ3) is 5.73. The van der Waals surface area contributed by atoms with Gasteiger partial charge in [0.2, 0.25) is 0 Å². The molecule has 0 aromatic rings. The first-order valence-electron chi connectivity index (χ1n) is 16.6. The van der Waals surface area contributed by atoms with Crippen LogP contribution in [0, 0.1) is 45.3 Å². The van der Waals surface area contributed by atoms with Crippen LogP contribution in [-0.4, -0.2) is 68.8 Å². The molecule has 44 heavy (non-hydrogen) atoms. The van der Waals surface area contributed by atoms with Crippen molar-refractivity contribution in [3.05, 3.63) is 0 Å². The van der Waals surface area contributed by atoms with Crippen LogP contribution < -0.4 is 0 Å². The zero-order valence-corrected chi connectivity index (χ0v) is 27.7. The number of hydrogen-bond donors (Lipinski definition) is 0. The molecular weight excluding hydrogens is 568 g/mol. The SMILES string of the molecule is CCC1(COC(=O)C(C)(CC(C)(C)C(=O)OC2(CC)C3CC4CC(C3)CC2C4)C(C)(C)C(=O)OCC2COC(=O)O2)COC1. The summed E-state index contributed by atoms with van der Waals surface area (Å²) in [6.07, 6.45) is 5.79. The highest BCUT2D eigenvalue weighted by atomic mass is 16.8. The van der Waals surface area contributed by atoms with Gasteiger partial charge in [0.1, 0.15) is 25.4 Å². The molecule has 2 saturated heterocycles. The van der Waals surface area contributed by atoms with Crippen molar-refractivity contribution < 1.29 is 47.6 Å². The molecule has 0 N–H and O–H groups in total. The van der Waals surface area contributed by atoms with Crippen molar-refractivity contribution >= 4 is 24.1 Å². The number of rotatable bonds is 13. The van der Waals surface area contributed by atoms with Gasteiger partial charge in [0.25, 0.3) is 0 Å². The lowest BCUT2D eigenvalue weighted by atomic mass is 9.49. The van der Waals surface area contributed by atoms with Crippen molar-refractivity contribution in [1.29, 1.82) is 0 Å². The van der Waals surface area contributed by atoms with Crippen LogP contribution in [0.3, 0.4) is 0 Å². The maximum Gasteiger partial charge on any atom is 0.508 e. The largest absolute Gasteiger partial charge is 0.508 e. The van der Waals surface area contributed by atoms with Gasteiger partial charge in [-0.2, -0.15) is 0 Å². The van der Waals surface area contributed by atoms with Gasteiger partial charge >= 0.3 is 24.1 Å². The Morgan fingerprint density at radius 2 is 1.45 bits per heavy atom. The molecular formula is C34H52O10. The van der Waals surface area contributed by atoms with Gasteiger partial charge in [-0.1, -0.05) is 13.8 Å². The number of carbonyl (C=O) groups excluding carboxylic acids is 4. The number of esters is 3. The van der Waals surface area contributed by atoms with Crippen LogP contribution in [0.25, 0.3) is 0 Å². The van der Waals surface area contributed by atoms with E-state index in [0.717, 1.165) is 50.4 Å². The molecule has 4 bridgehead atoms. The lowest BCUT2D eigenvalue weighted by Crippen LogP contribution is -2.60. The Balaban J connectivity index is 1.36. The normalized spacial score (nSPS) is 33.4. The highest BCUT2D eigenvalue weighted by Crippen LogP contribution is 2.61. The zero-order valence-electron chi connectivity index (χ0n) is 27.7. The molecule has 4 aliphatic carbocycles. The first-order valence-corrected chi connectivity index (χ1v) is 16.6. The van der Waals surface area contributed by atoms with E-state index in [1.54, 1.807) is 34.6 Å². The van der Waals surface area contributed by atoms with Gasteiger partial charge in [-0.25, -0.2) is 4.79 Å². The number of cyclic esters (lactones) is 2. The van der Waals surface area contributed by atoms with E-state index < -0.39 is 46.0 Å². The van der Waals surface area contributed by atoms with E-state index in [1.165, 1.54) is 6.42 Å². The maximum atomic E-state index is 14.2. The molecule has 248 valence electrons. The molecule has 6 rings (SSSR count). The first kappa shape index (κ1) is 33.0. The Bertz CT molecular complexity index is 1100. The summed E-state index contributed by atoms with van der Waals surface area (Å²) >= 11 is 0. The number of hydrogen-bond acceptors (Lipinski definition) is 10. The van der Waals surface area contributed by atoms with Gasteiger partial charge in [0, 0.05) is 0 Å². The summed E-state index contributed by atoms with van der Waals surface area (Å²) in [5.41, 5.74) is -4.72. The molecule has 2 aliphatic heterocycles. The van der Waals surface area contributed by atoms with Gasteiger partial charge in [-0.05, 0) is 110 Å². The maximum absolute atomic E-state index is 14.2. The van der Waals surface area contributed by atoms with E-state index in [-0.39, 0.29) is 37.6 Å². The topological polar surface area (TPSA) is 124 Å². The standard InChI is InChI=1S/C34H52O10/c1-8-33(18-39-19-33)20-42-28(37)32(7,31(5,6)27(36)40-15-25-16-41-29(38)43-25)17-30(3,4)26(35)44-34(9-2)23-11-21-10-22(13-23)14-24(34)12-21/h21-25H,8-20H2,1-7H3. The molecule has 10 heteroatoms. The Kier molecular flexibility index (Phi) is 8.84. The Hall–Kier alpha value is -2.36. The zero-order chi connectivity index (χ0) is 32.1. The van der Waals surface area contributed by atoms with Crippen molar-refractivity contribution in [3.8, 4) is 0 Å². The summed E-state index contributed by atoms with van der Waals surface area (Å²) in [5.74, 6) is 0.635. The average Bonchev–Trinajstić information content (AvgIpc) is 3.37. The van der Waals surface area contributed by atoms with Gasteiger partial charge in [0.05, 0.1) is 34.9 Å². The van der Waals surface area contributed by atoms with Gasteiger partial charge in [0.15, 0.2) is 6.10 Å². The van der Waals surface area contributed by atoms with Crippen LogP contribution in [0.1, 0.15) is 99.8 Å². The molecule has 6 fully saturated rings. The molecule has 0 radical (unpaired) electrons. The fourth-order valence-corrected chi connectivity index (χ4v) is 8.79. The highest BCUT2D eigenvalue weighted by molar-refractivity contribution is 5.89. The lowest BCUT2D eigenvalue weighted by Gasteiger charge is -2.60. The summed E-state index contributed by atoms with van der Waals surface area (Å²) in [6, 6.07) is 0. The molecule has 2 atom stereocenters. The number of carbonyl (C=O) groups is 4. The Morgan fingerprint density at radius 3 is 1.93 bits per heavy atom. The van der Waals surface area contributed by atoms with Gasteiger partial charge < -0.3 is 28.4 Å². The fourth-order valence-electron chi connectivity index (χ4n) is 8.79. The van der Waals surface area contributed by atoms with Crippen molar-refractivity contribution in [2.75, 3.05) is 33.0 Å². The van der Waals surface area contributed by atoms with Crippen molar-refractivity contribution in [1.82, 2.24) is 0 Å². The summed E-state index contributed by atoms with van der Waals surface area (Å²) in [6.45, 7) is 13.7. The quantitative estimate of drug-likeness (QED) is 0.189. The van der Waals surface area contributed by atoms with Crippen LogP contribution in [-0.2, 0) is 42.8 Å². The fraction of sp³-hybridized carbons (Fsp3) is 0.882. The van der Waals surface area contributed by atoms with Crippen LogP contribution in [0.2, 0.25) is 0 Å². The van der Waals surface area contributed by atoms with Gasteiger partial charge in [-0.15, -0.1) is 0 Å². The molecule has 4 saturated carbocycles. The van der Waals surface area contributed by atoms with Crippen LogP contribution in [0.15, 0.2) is 0 Å². The second-order valence-electron chi connectivity index (χ2n) is 15.8. The highest BCUT2D eigenvalue weighted by Gasteiger charge is 2.61. The average molecular weight is 621 g/mol. The third-order valence-corrected chi connectivity index (χ3v) is 12.2. The summed E-state index contributed by atoms with van der Waals surface area (Å²) in [7, 11) is 0. The summed E-state index contributed by atoms with van der Waals surface area (Å²) < 4.78 is 33.4. The molecule has 0 amide bonds. The minimum absolute atomic E-state index is 0.0112. The second kappa shape index (κ2) is 11.8. The number of ether oxygens (including phenoxy) is 6. The van der Waals surface area contributed by atoms with E-state index >= 15 is 0 Å². The predicted molar refractivity (Wildman–Crippen MR) is 158 cm³/mol. The molecule has 2 unspecified atom stereocenters. The van der Waals surface area contributed by atoms with E-state index in [0.29, 0.717) is 25.0 Å². The summed E-state index contributed by atoms with van der Waals surface area (Å²) in [4.78, 5) is 53.3. The van der Waals surface area contributed by atoms with E-state index in [1.807, 2.05) is 6.92 Å². The molecule has 0 spiro atoms. The molecule has 6 aliphatic rings. The van der Waals surface area contributed by atoms with Crippen molar-refractivity contribution in [2.24, 2.45) is 45.3 Å². The molecule has 0 aromatic heterocycles. The molecule has 10 nitrogen and oxygen atoms in total. The smallest absolute Gasteiger partial charge is 0.464 e. The third-order valence-electron chi connectivity index (χ3n) is 12.2. The summed E-state index contributed by atoms with van der Waals surface area (Å²) in [5, 5.41) is 0. The minimum Gasteiger partial charge on any atom is -0.464 e. The van der Waals surface area contributed by atoms with E-state index in [9.17, 15) is 19.2 Å². The van der Waals surface area contributed by atoms with Gasteiger partial charge in [-0.3, -0.25) is 14.4 Å². The second-order valence-corrected chi connectivity index (χ2v) is 15.8. The first-order chi connectivity index (χ1) is 20.6. The Labute approximate surface area is 261 Å². The van der Waals surface area contributed by atoms with E-state index in [2.05, 4.69) is 6.92 Å². The molecule has 0 aromatic carbocycles. The predicted octanol–water partition coefficient (Wildman–Crippen LogP) is 5.63. The minimum atomic E-state index is -1.46. The van der Waals surface area contributed by atoms with Crippen molar-refractivity contribution in [3.63, 3.8) is 0 Å².